The maximum absolute atomic E-state index is 14.2. The van der Waals surface area contributed by atoms with Crippen LogP contribution in [0.1, 0.15) is 48.1 Å². The lowest BCUT2D eigenvalue weighted by Gasteiger charge is -2.46. The molecule has 3 atom stereocenters. The van der Waals surface area contributed by atoms with Crippen LogP contribution in [0.3, 0.4) is 0 Å². The van der Waals surface area contributed by atoms with Crippen LogP contribution in [0.25, 0.3) is 0 Å². The molecular weight excluding hydrogens is 487 g/mol. The summed E-state index contributed by atoms with van der Waals surface area (Å²) in [4.78, 5) is 47.2. The van der Waals surface area contributed by atoms with Gasteiger partial charge in [-0.1, -0.05) is 19.1 Å². The van der Waals surface area contributed by atoms with Gasteiger partial charge in [0.05, 0.1) is 17.8 Å². The van der Waals surface area contributed by atoms with Crippen molar-refractivity contribution in [2.24, 2.45) is 13.0 Å². The molecular formula is C28H33FN6O3. The second kappa shape index (κ2) is 10.7. The van der Waals surface area contributed by atoms with Crippen LogP contribution in [0, 0.1) is 25.6 Å². The highest BCUT2D eigenvalue weighted by atomic mass is 19.1. The van der Waals surface area contributed by atoms with Gasteiger partial charge < -0.3 is 10.6 Å². The van der Waals surface area contributed by atoms with Crippen molar-refractivity contribution in [2.75, 3.05) is 17.7 Å². The van der Waals surface area contributed by atoms with E-state index in [2.05, 4.69) is 10.1 Å². The largest absolute Gasteiger partial charge is 0.384 e. The Morgan fingerprint density at radius 1 is 1.21 bits per heavy atom. The van der Waals surface area contributed by atoms with Crippen molar-refractivity contribution >= 4 is 29.2 Å². The van der Waals surface area contributed by atoms with Crippen LogP contribution in [0.4, 0.5) is 15.9 Å². The maximum atomic E-state index is 14.2. The fourth-order valence-corrected chi connectivity index (χ4v) is 5.03. The lowest BCUT2D eigenvalue weighted by molar-refractivity contribution is -0.170. The van der Waals surface area contributed by atoms with E-state index in [0.717, 1.165) is 10.5 Å². The van der Waals surface area contributed by atoms with E-state index >= 15 is 0 Å². The Labute approximate surface area is 221 Å². The van der Waals surface area contributed by atoms with Crippen molar-refractivity contribution < 1.29 is 18.8 Å². The Balaban J connectivity index is 1.61. The van der Waals surface area contributed by atoms with E-state index in [-0.39, 0.29) is 30.5 Å². The van der Waals surface area contributed by atoms with E-state index in [1.165, 1.54) is 11.0 Å². The standard InChI is InChI=1S/C28H33FN6O3/c1-6-19(20-8-7-16(2)23(29)12-20)13-25(36)35-26(28(38)34(5)21-14-31-33(4)15-21)22(27(35)37)10-18-9-17(3)32-24(30)11-18/h7-9,11-12,14-15,19,22,26H,6,10,13H2,1-5H3,(H2,30,32)/t19-,22+,26-/m0/s1. The number of carbonyl (C=O) groups excluding carboxylic acids is 3. The quantitative estimate of drug-likeness (QED) is 0.456. The van der Waals surface area contributed by atoms with E-state index in [0.29, 0.717) is 34.7 Å². The summed E-state index contributed by atoms with van der Waals surface area (Å²) in [5.41, 5.74) is 9.12. The first-order chi connectivity index (χ1) is 18.0. The Morgan fingerprint density at radius 3 is 2.55 bits per heavy atom. The number of carbonyl (C=O) groups is 3. The summed E-state index contributed by atoms with van der Waals surface area (Å²) < 4.78 is 15.8. The highest BCUT2D eigenvalue weighted by Gasteiger charge is 2.55. The third kappa shape index (κ3) is 5.29. The minimum absolute atomic E-state index is 0.0147. The van der Waals surface area contributed by atoms with Gasteiger partial charge in [-0.05, 0) is 67.5 Å². The zero-order valence-corrected chi connectivity index (χ0v) is 22.3. The molecule has 1 fully saturated rings. The van der Waals surface area contributed by atoms with Gasteiger partial charge in [-0.25, -0.2) is 9.37 Å². The van der Waals surface area contributed by atoms with Gasteiger partial charge in [0.1, 0.15) is 17.7 Å². The molecule has 0 bridgehead atoms. The molecule has 2 aromatic heterocycles. The fraction of sp³-hybridized carbons (Fsp3) is 0.393. The lowest BCUT2D eigenvalue weighted by Crippen LogP contribution is -2.69. The van der Waals surface area contributed by atoms with Crippen molar-refractivity contribution in [2.45, 2.75) is 52.0 Å². The normalized spacial score (nSPS) is 17.7. The molecule has 2 N–H and O–H groups in total. The number of nitrogens with two attached hydrogens (primary N) is 1. The monoisotopic (exact) mass is 520 g/mol. The third-order valence-corrected chi connectivity index (χ3v) is 7.21. The molecule has 0 saturated carbocycles. The van der Waals surface area contributed by atoms with Gasteiger partial charge in [-0.3, -0.25) is 24.0 Å². The molecule has 38 heavy (non-hydrogen) atoms. The molecule has 10 heteroatoms. The molecule has 3 heterocycles. The number of anilines is 2. The lowest BCUT2D eigenvalue weighted by atomic mass is 9.80. The number of nitrogens with zero attached hydrogens (tertiary/aromatic N) is 5. The van der Waals surface area contributed by atoms with Gasteiger partial charge in [0.25, 0.3) is 5.91 Å². The number of imide groups is 1. The number of β-lactam (4-membered cyclic amide) rings is 1. The third-order valence-electron chi connectivity index (χ3n) is 7.21. The van der Waals surface area contributed by atoms with E-state index in [1.54, 1.807) is 63.2 Å². The molecule has 3 amide bonds. The molecule has 1 aliphatic heterocycles. The highest BCUT2D eigenvalue weighted by Crippen LogP contribution is 2.35. The van der Waals surface area contributed by atoms with Gasteiger partial charge in [0.15, 0.2) is 0 Å². The summed E-state index contributed by atoms with van der Waals surface area (Å²) in [6, 6.07) is 7.43. The first kappa shape index (κ1) is 27.0. The molecule has 200 valence electrons. The van der Waals surface area contributed by atoms with E-state index in [1.807, 2.05) is 13.0 Å². The van der Waals surface area contributed by atoms with E-state index in [9.17, 15) is 18.8 Å². The first-order valence-electron chi connectivity index (χ1n) is 12.6. The minimum Gasteiger partial charge on any atom is -0.384 e. The Kier molecular flexibility index (Phi) is 7.61. The summed E-state index contributed by atoms with van der Waals surface area (Å²) >= 11 is 0. The average Bonchev–Trinajstić information content (AvgIpc) is 3.30. The predicted octanol–water partition coefficient (Wildman–Crippen LogP) is 3.30. The van der Waals surface area contributed by atoms with Crippen molar-refractivity contribution in [3.63, 3.8) is 0 Å². The Bertz CT molecular complexity index is 1370. The van der Waals surface area contributed by atoms with Crippen LogP contribution in [-0.2, 0) is 27.9 Å². The summed E-state index contributed by atoms with van der Waals surface area (Å²) in [7, 11) is 3.34. The number of benzene rings is 1. The molecule has 1 aromatic carbocycles. The molecule has 3 aromatic rings. The number of aryl methyl sites for hydroxylation is 3. The summed E-state index contributed by atoms with van der Waals surface area (Å²) in [6.45, 7) is 5.39. The molecule has 0 spiro atoms. The summed E-state index contributed by atoms with van der Waals surface area (Å²) in [5.74, 6) is -2.29. The predicted molar refractivity (Wildman–Crippen MR) is 142 cm³/mol. The molecule has 1 aliphatic rings. The molecule has 0 aliphatic carbocycles. The molecule has 0 unspecified atom stereocenters. The topological polar surface area (TPSA) is 114 Å². The van der Waals surface area contributed by atoms with Crippen molar-refractivity contribution in [1.82, 2.24) is 19.7 Å². The van der Waals surface area contributed by atoms with Gasteiger partial charge in [-0.2, -0.15) is 5.10 Å². The molecule has 4 rings (SSSR count). The Morgan fingerprint density at radius 2 is 1.95 bits per heavy atom. The second-order valence-electron chi connectivity index (χ2n) is 9.99. The van der Waals surface area contributed by atoms with Crippen molar-refractivity contribution in [3.8, 4) is 0 Å². The number of rotatable bonds is 8. The highest BCUT2D eigenvalue weighted by molar-refractivity contribution is 6.12. The number of hydrogen-bond acceptors (Lipinski definition) is 6. The van der Waals surface area contributed by atoms with Crippen LogP contribution in [0.5, 0.6) is 0 Å². The number of aromatic nitrogens is 3. The number of nitrogen functional groups attached to an aromatic ring is 1. The smallest absolute Gasteiger partial charge is 0.250 e. The number of amides is 3. The SMILES string of the molecule is CC[C@@H](CC(=O)N1C(=O)[C@H](Cc2cc(C)nc(N)c2)[C@H]1C(=O)N(C)c1cnn(C)c1)c1ccc(C)c(F)c1. The number of likely N-dealkylation sites (N-methyl/N-ethyl adjacent to an activating group) is 1. The van der Waals surface area contributed by atoms with Crippen LogP contribution >= 0.6 is 0 Å². The zero-order chi connectivity index (χ0) is 27.7. The number of likely N-dealkylation sites (tertiary alicyclic amines) is 1. The van der Waals surface area contributed by atoms with Crippen molar-refractivity contribution in [1.29, 1.82) is 0 Å². The van der Waals surface area contributed by atoms with E-state index in [4.69, 9.17) is 5.73 Å². The molecule has 0 radical (unpaired) electrons. The number of halogens is 1. The first-order valence-corrected chi connectivity index (χ1v) is 12.6. The maximum Gasteiger partial charge on any atom is 0.250 e. The van der Waals surface area contributed by atoms with Gasteiger partial charge in [0, 0.05) is 32.4 Å². The van der Waals surface area contributed by atoms with Crippen LogP contribution in [0.2, 0.25) is 0 Å². The number of hydrogen-bond donors (Lipinski definition) is 1. The van der Waals surface area contributed by atoms with Crippen molar-refractivity contribution in [3.05, 3.63) is 70.9 Å². The molecule has 9 nitrogen and oxygen atoms in total. The van der Waals surface area contributed by atoms with Crippen LogP contribution < -0.4 is 10.6 Å². The summed E-state index contributed by atoms with van der Waals surface area (Å²) in [5, 5.41) is 4.12. The fourth-order valence-electron chi connectivity index (χ4n) is 5.03. The second-order valence-corrected chi connectivity index (χ2v) is 9.99. The Hall–Kier alpha value is -4.08. The van der Waals surface area contributed by atoms with Crippen LogP contribution in [0.15, 0.2) is 42.7 Å². The summed E-state index contributed by atoms with van der Waals surface area (Å²) in [6.07, 6.45) is 4.04. The minimum atomic E-state index is -0.984. The average molecular weight is 521 g/mol. The zero-order valence-electron chi connectivity index (χ0n) is 22.3. The van der Waals surface area contributed by atoms with E-state index < -0.39 is 23.8 Å². The van der Waals surface area contributed by atoms with Gasteiger partial charge >= 0.3 is 0 Å². The van der Waals surface area contributed by atoms with Crippen LogP contribution in [-0.4, -0.2) is 50.5 Å². The van der Waals surface area contributed by atoms with Gasteiger partial charge in [-0.15, -0.1) is 0 Å². The number of pyridine rings is 1. The molecule has 1 saturated heterocycles. The van der Waals surface area contributed by atoms with Gasteiger partial charge in [0.2, 0.25) is 11.8 Å².